The highest BCUT2D eigenvalue weighted by Gasteiger charge is 2.31. The van der Waals surface area contributed by atoms with Gasteiger partial charge in [-0.3, -0.25) is 0 Å². The van der Waals surface area contributed by atoms with E-state index in [1.54, 1.807) is 0 Å². The lowest BCUT2D eigenvalue weighted by Gasteiger charge is -2.31. The van der Waals surface area contributed by atoms with Crippen molar-refractivity contribution < 1.29 is 24.5 Å². The van der Waals surface area contributed by atoms with Crippen LogP contribution in [0.15, 0.2) is 5.16 Å². The normalized spacial score (nSPS) is 11.9. The molecule has 0 aromatic heterocycles. The molecule has 0 heterocycles. The summed E-state index contributed by atoms with van der Waals surface area (Å²) in [5, 5.41) is 38.0. The number of aliphatic hydroxyl groups is 1. The lowest BCUT2D eigenvalue weighted by atomic mass is 9.92. The first kappa shape index (κ1) is 21.1. The van der Waals surface area contributed by atoms with Crippen LogP contribution in [0.4, 0.5) is 0 Å². The summed E-state index contributed by atoms with van der Waals surface area (Å²) in [6, 6.07) is 3.93. The Morgan fingerprint density at radius 3 is 1.87 bits per heavy atom. The van der Waals surface area contributed by atoms with Crippen LogP contribution < -0.4 is 5.73 Å². The molecule has 0 aromatic rings. The van der Waals surface area contributed by atoms with Gasteiger partial charge in [-0.15, -0.1) is 0 Å². The Balaban J connectivity index is 4.42. The molecule has 4 N–H and O–H groups in total. The second-order valence-electron chi connectivity index (χ2n) is 4.97. The molecule has 0 saturated heterocycles. The minimum Gasteiger partial charge on any atom is -0.409 e. The Bertz CT molecular complexity index is 394. The summed E-state index contributed by atoms with van der Waals surface area (Å²) in [6.45, 7) is 0.925. The molecule has 0 unspecified atom stereocenters. The van der Waals surface area contributed by atoms with Crippen LogP contribution in [0.1, 0.15) is 19.3 Å². The van der Waals surface area contributed by atoms with Gasteiger partial charge in [0.1, 0.15) is 5.84 Å². The monoisotopic (exact) mass is 328 g/mol. The average molecular weight is 328 g/mol. The fourth-order valence-corrected chi connectivity index (χ4v) is 1.59. The minimum atomic E-state index is -0.796. The zero-order chi connectivity index (χ0) is 17.4. The first-order valence-corrected chi connectivity index (χ1v) is 7.18. The Hall–Kier alpha value is -1.91. The molecule has 0 aliphatic carbocycles. The van der Waals surface area contributed by atoms with E-state index >= 15 is 0 Å². The Morgan fingerprint density at radius 2 is 1.48 bits per heavy atom. The van der Waals surface area contributed by atoms with Gasteiger partial charge in [0.05, 0.1) is 76.6 Å². The molecule has 9 nitrogen and oxygen atoms in total. The summed E-state index contributed by atoms with van der Waals surface area (Å²) in [4.78, 5) is 0. The lowest BCUT2D eigenvalue weighted by Crippen LogP contribution is -2.41. The number of nitrogens with two attached hydrogens (primary N) is 1. The Kier molecular flexibility index (Phi) is 12.6. The van der Waals surface area contributed by atoms with E-state index < -0.39 is 5.41 Å². The van der Waals surface area contributed by atoms with Gasteiger partial charge in [0.25, 0.3) is 0 Å². The molecule has 0 fully saturated rings. The zero-order valence-corrected chi connectivity index (χ0v) is 13.1. The van der Waals surface area contributed by atoms with E-state index in [1.165, 1.54) is 0 Å². The molecule has 0 radical (unpaired) electrons. The molecule has 0 saturated carbocycles. The van der Waals surface area contributed by atoms with Crippen molar-refractivity contribution in [3.05, 3.63) is 0 Å². The van der Waals surface area contributed by atoms with Crippen molar-refractivity contribution in [2.24, 2.45) is 16.3 Å². The summed E-state index contributed by atoms with van der Waals surface area (Å²) in [6.07, 6.45) is 0.755. The van der Waals surface area contributed by atoms with Crippen molar-refractivity contribution in [1.82, 2.24) is 0 Å². The van der Waals surface area contributed by atoms with Crippen LogP contribution in [0, 0.1) is 28.1 Å². The predicted octanol–water partition coefficient (Wildman–Crippen LogP) is -0.0212. The second kappa shape index (κ2) is 13.7. The zero-order valence-electron chi connectivity index (χ0n) is 13.1. The third-order valence-corrected chi connectivity index (χ3v) is 2.91. The molecular weight excluding hydrogens is 304 g/mol. The molecule has 0 amide bonds. The molecule has 130 valence electrons. The summed E-state index contributed by atoms with van der Waals surface area (Å²) in [7, 11) is 0. The summed E-state index contributed by atoms with van der Waals surface area (Å²) in [5.74, 6) is 0.0511. The Labute approximate surface area is 135 Å². The van der Waals surface area contributed by atoms with E-state index in [0.29, 0.717) is 0 Å². The number of oxime groups is 1. The number of nitriles is 2. The fraction of sp³-hybridized carbons (Fsp3) is 0.786. The van der Waals surface area contributed by atoms with E-state index in [1.807, 2.05) is 12.1 Å². The predicted molar refractivity (Wildman–Crippen MR) is 80.5 cm³/mol. The molecule has 0 rings (SSSR count). The number of ether oxygens (including phenoxy) is 3. The molecule has 0 aromatic carbocycles. The van der Waals surface area contributed by atoms with E-state index in [9.17, 15) is 5.11 Å². The number of hydrogen-bond acceptors (Lipinski definition) is 8. The fourth-order valence-electron chi connectivity index (χ4n) is 1.59. The van der Waals surface area contributed by atoms with Crippen molar-refractivity contribution in [3.63, 3.8) is 0 Å². The van der Waals surface area contributed by atoms with Crippen LogP contribution in [0.2, 0.25) is 0 Å². The number of aliphatic hydroxyl groups excluding tert-OH is 1. The maximum atomic E-state index is 9.69. The molecule has 0 bridgehead atoms. The number of amidine groups is 1. The van der Waals surface area contributed by atoms with Crippen LogP contribution >= 0.6 is 0 Å². The van der Waals surface area contributed by atoms with E-state index in [4.69, 9.17) is 35.7 Å². The molecule has 0 aliphatic heterocycles. The van der Waals surface area contributed by atoms with Gasteiger partial charge in [0.15, 0.2) is 0 Å². The first-order chi connectivity index (χ1) is 11.1. The van der Waals surface area contributed by atoms with Gasteiger partial charge in [-0.25, -0.2) is 0 Å². The molecule has 0 aliphatic rings. The summed E-state index contributed by atoms with van der Waals surface area (Å²) < 4.78 is 16.2. The van der Waals surface area contributed by atoms with Gasteiger partial charge in [-0.2, -0.15) is 10.5 Å². The van der Waals surface area contributed by atoms with Gasteiger partial charge >= 0.3 is 0 Å². The van der Waals surface area contributed by atoms with Crippen molar-refractivity contribution >= 4 is 5.84 Å². The van der Waals surface area contributed by atoms with Gasteiger partial charge in [-0.1, -0.05) is 5.16 Å². The number of nitrogens with zero attached hydrogens (tertiary/aromatic N) is 3. The minimum absolute atomic E-state index is 0.0511. The summed E-state index contributed by atoms with van der Waals surface area (Å²) >= 11 is 0. The third kappa shape index (κ3) is 10.4. The standard InChI is InChI=1S/C14H24N4O5/c15-4-1-6-21-10-14(9-19,11-22-7-2-5-16)12-23-8-3-13(17)18-20/h19-20H,1-3,6-12H2,(H2,17,18). The quantitative estimate of drug-likeness (QED) is 0.132. The molecule has 0 spiro atoms. The highest BCUT2D eigenvalue weighted by atomic mass is 16.5. The largest absolute Gasteiger partial charge is 0.409 e. The molecule has 23 heavy (non-hydrogen) atoms. The highest BCUT2D eigenvalue weighted by molar-refractivity contribution is 5.79. The van der Waals surface area contributed by atoms with Crippen molar-refractivity contribution in [2.75, 3.05) is 46.2 Å². The highest BCUT2D eigenvalue weighted by Crippen LogP contribution is 2.19. The molecule has 9 heteroatoms. The maximum absolute atomic E-state index is 9.69. The van der Waals surface area contributed by atoms with Crippen LogP contribution in [-0.2, 0) is 14.2 Å². The van der Waals surface area contributed by atoms with E-state index in [-0.39, 0.29) is 71.3 Å². The SMILES string of the molecule is N#CCCOCC(CO)(COCCC#N)COCCC(N)=NO. The second-order valence-corrected chi connectivity index (χ2v) is 4.97. The van der Waals surface area contributed by atoms with E-state index in [0.717, 1.165) is 0 Å². The van der Waals surface area contributed by atoms with Gasteiger partial charge in [-0.05, 0) is 0 Å². The Morgan fingerprint density at radius 1 is 1.00 bits per heavy atom. The van der Waals surface area contributed by atoms with Crippen LogP contribution in [0.3, 0.4) is 0 Å². The average Bonchev–Trinajstić information content (AvgIpc) is 2.58. The van der Waals surface area contributed by atoms with Crippen LogP contribution in [-0.4, -0.2) is 62.4 Å². The molecule has 0 atom stereocenters. The van der Waals surface area contributed by atoms with Crippen molar-refractivity contribution in [1.29, 1.82) is 10.5 Å². The van der Waals surface area contributed by atoms with Crippen molar-refractivity contribution in [2.45, 2.75) is 19.3 Å². The van der Waals surface area contributed by atoms with Crippen LogP contribution in [0.5, 0.6) is 0 Å². The number of rotatable bonds is 14. The lowest BCUT2D eigenvalue weighted by molar-refractivity contribution is -0.0908. The smallest absolute Gasteiger partial charge is 0.141 e. The first-order valence-electron chi connectivity index (χ1n) is 7.18. The topological polar surface area (TPSA) is 154 Å². The van der Waals surface area contributed by atoms with Crippen LogP contribution in [0.25, 0.3) is 0 Å². The van der Waals surface area contributed by atoms with Gasteiger partial charge in [0, 0.05) is 6.42 Å². The maximum Gasteiger partial charge on any atom is 0.141 e. The van der Waals surface area contributed by atoms with Gasteiger partial charge in [0.2, 0.25) is 0 Å². The van der Waals surface area contributed by atoms with Gasteiger partial charge < -0.3 is 30.3 Å². The summed E-state index contributed by atoms with van der Waals surface area (Å²) in [5.41, 5.74) is 4.55. The third-order valence-electron chi connectivity index (χ3n) is 2.91. The van der Waals surface area contributed by atoms with Crippen molar-refractivity contribution in [3.8, 4) is 12.1 Å². The number of hydrogen-bond donors (Lipinski definition) is 3. The van der Waals surface area contributed by atoms with E-state index in [2.05, 4.69) is 5.16 Å². The molecular formula is C14H24N4O5.